The highest BCUT2D eigenvalue weighted by Gasteiger charge is 1.99. The first-order valence-corrected chi connectivity index (χ1v) is 4.95. The van der Waals surface area contributed by atoms with E-state index in [2.05, 4.69) is 16.8 Å². The second-order valence-electron chi connectivity index (χ2n) is 2.28. The van der Waals surface area contributed by atoms with Gasteiger partial charge in [0.15, 0.2) is 5.15 Å². The zero-order valence-corrected chi connectivity index (χ0v) is 8.77. The highest BCUT2D eigenvalue weighted by atomic mass is 35.5. The zero-order chi connectivity index (χ0) is 9.68. The number of thioether (sulfide) groups is 1. The molecule has 4 heteroatoms. The topological polar surface area (TPSA) is 25.8 Å². The monoisotopic (exact) mass is 212 g/mol. The highest BCUT2D eigenvalue weighted by molar-refractivity contribution is 8.10. The molecule has 0 bridgehead atoms. The summed E-state index contributed by atoms with van der Waals surface area (Å²) in [5, 5.41) is 9.73. The van der Waals surface area contributed by atoms with Crippen LogP contribution >= 0.6 is 23.4 Å². The Balaban J connectivity index is 2.77. The van der Waals surface area contributed by atoms with Crippen molar-refractivity contribution in [2.45, 2.75) is 6.92 Å². The van der Waals surface area contributed by atoms with Gasteiger partial charge in [0.25, 0.3) is 0 Å². The maximum absolute atomic E-state index is 5.68. The fourth-order valence-corrected chi connectivity index (χ4v) is 1.42. The van der Waals surface area contributed by atoms with Crippen LogP contribution in [0.5, 0.6) is 0 Å². The third-order valence-electron chi connectivity index (χ3n) is 1.29. The smallest absolute Gasteiger partial charge is 0.152 e. The first-order chi connectivity index (χ1) is 6.24. The lowest BCUT2D eigenvalue weighted by molar-refractivity contribution is 1.03. The van der Waals surface area contributed by atoms with Crippen molar-refractivity contribution in [1.29, 1.82) is 0 Å². The van der Waals surface area contributed by atoms with Crippen molar-refractivity contribution >= 4 is 28.3 Å². The molecule has 0 aliphatic heterocycles. The van der Waals surface area contributed by atoms with Crippen molar-refractivity contribution in [3.63, 3.8) is 0 Å². The van der Waals surface area contributed by atoms with E-state index in [1.54, 1.807) is 12.3 Å². The molecule has 0 amide bonds. The number of nitrogens with zero attached hydrogens (tertiary/aromatic N) is 2. The molecule has 0 atom stereocenters. The Labute approximate surface area is 86.7 Å². The van der Waals surface area contributed by atoms with Crippen LogP contribution in [0.25, 0.3) is 4.91 Å². The first-order valence-electron chi connectivity index (χ1n) is 3.69. The van der Waals surface area contributed by atoms with E-state index in [1.165, 1.54) is 11.8 Å². The van der Waals surface area contributed by atoms with Crippen molar-refractivity contribution in [2.24, 2.45) is 0 Å². The van der Waals surface area contributed by atoms with Crippen molar-refractivity contribution in [2.75, 3.05) is 0 Å². The Bertz CT molecular complexity index is 336. The SMILES string of the molecule is C=C(S/C=C\C)c1cnnc(Cl)c1. The van der Waals surface area contributed by atoms with Crippen molar-refractivity contribution in [3.05, 3.63) is 41.0 Å². The highest BCUT2D eigenvalue weighted by Crippen LogP contribution is 2.26. The number of hydrogen-bond acceptors (Lipinski definition) is 3. The van der Waals surface area contributed by atoms with E-state index in [0.717, 1.165) is 10.5 Å². The summed E-state index contributed by atoms with van der Waals surface area (Å²) in [6.07, 6.45) is 3.59. The molecule has 1 rings (SSSR count). The largest absolute Gasteiger partial charge is 0.157 e. The molecule has 0 saturated carbocycles. The average molecular weight is 213 g/mol. The molecule has 0 saturated heterocycles. The maximum Gasteiger partial charge on any atom is 0.152 e. The number of rotatable bonds is 3. The van der Waals surface area contributed by atoms with E-state index in [9.17, 15) is 0 Å². The molecule has 1 aromatic heterocycles. The van der Waals surface area contributed by atoms with Gasteiger partial charge in [-0.3, -0.25) is 0 Å². The summed E-state index contributed by atoms with van der Waals surface area (Å²) in [6.45, 7) is 5.85. The minimum Gasteiger partial charge on any atom is -0.157 e. The third-order valence-corrected chi connectivity index (χ3v) is 2.41. The van der Waals surface area contributed by atoms with Gasteiger partial charge < -0.3 is 0 Å². The molecule has 1 heterocycles. The minimum atomic E-state index is 0.389. The quantitative estimate of drug-likeness (QED) is 0.769. The lowest BCUT2D eigenvalue weighted by atomic mass is 10.3. The average Bonchev–Trinajstić information content (AvgIpc) is 2.14. The van der Waals surface area contributed by atoms with E-state index in [0.29, 0.717) is 5.15 Å². The van der Waals surface area contributed by atoms with Crippen LogP contribution in [-0.4, -0.2) is 10.2 Å². The van der Waals surface area contributed by atoms with Gasteiger partial charge in [-0.15, -0.1) is 5.10 Å². The van der Waals surface area contributed by atoms with Crippen LogP contribution in [0.2, 0.25) is 5.15 Å². The maximum atomic E-state index is 5.68. The van der Waals surface area contributed by atoms with Gasteiger partial charge in [0.05, 0.1) is 6.20 Å². The van der Waals surface area contributed by atoms with Crippen LogP contribution in [0.3, 0.4) is 0 Å². The van der Waals surface area contributed by atoms with Gasteiger partial charge in [-0.1, -0.05) is 36.0 Å². The Kier molecular flexibility index (Phi) is 3.99. The number of halogens is 1. The molecule has 13 heavy (non-hydrogen) atoms. The molecule has 0 aromatic carbocycles. The van der Waals surface area contributed by atoms with E-state index < -0.39 is 0 Å². The normalized spacial score (nSPS) is 10.6. The summed E-state index contributed by atoms with van der Waals surface area (Å²) in [6, 6.07) is 1.74. The van der Waals surface area contributed by atoms with Crippen molar-refractivity contribution in [1.82, 2.24) is 10.2 Å². The van der Waals surface area contributed by atoms with Crippen molar-refractivity contribution < 1.29 is 0 Å². The fraction of sp³-hybridized carbons (Fsp3) is 0.111. The molecule has 0 N–H and O–H groups in total. The minimum absolute atomic E-state index is 0.389. The number of aromatic nitrogens is 2. The number of hydrogen-bond donors (Lipinski definition) is 0. The number of allylic oxidation sites excluding steroid dienone is 1. The Morgan fingerprint density at radius 1 is 1.69 bits per heavy atom. The van der Waals surface area contributed by atoms with Crippen LogP contribution in [-0.2, 0) is 0 Å². The summed E-state index contributed by atoms with van der Waals surface area (Å²) < 4.78 is 0. The molecule has 0 aliphatic rings. The predicted octanol–water partition coefficient (Wildman–Crippen LogP) is 3.37. The summed E-state index contributed by atoms with van der Waals surface area (Å²) in [4.78, 5) is 0.912. The van der Waals surface area contributed by atoms with E-state index >= 15 is 0 Å². The summed E-state index contributed by atoms with van der Waals surface area (Å²) in [5.74, 6) is 0. The second kappa shape index (κ2) is 5.04. The molecular weight excluding hydrogens is 204 g/mol. The molecule has 0 aliphatic carbocycles. The molecular formula is C9H9ClN2S. The van der Waals surface area contributed by atoms with E-state index in [4.69, 9.17) is 11.6 Å². The molecule has 0 unspecified atom stereocenters. The van der Waals surface area contributed by atoms with Gasteiger partial charge in [0, 0.05) is 10.5 Å². The predicted molar refractivity (Wildman–Crippen MR) is 58.5 cm³/mol. The molecule has 2 nitrogen and oxygen atoms in total. The van der Waals surface area contributed by atoms with Crippen molar-refractivity contribution in [3.8, 4) is 0 Å². The molecule has 68 valence electrons. The van der Waals surface area contributed by atoms with Crippen LogP contribution in [0.1, 0.15) is 12.5 Å². The standard InChI is InChI=1S/C9H9ClN2S/c1-3-4-13-7(2)8-5-9(10)12-11-6-8/h3-6H,2H2,1H3/b4-3-. The lowest BCUT2D eigenvalue weighted by Crippen LogP contribution is -1.84. The zero-order valence-electron chi connectivity index (χ0n) is 7.20. The van der Waals surface area contributed by atoms with Crippen LogP contribution in [0.15, 0.2) is 30.3 Å². The molecule has 0 radical (unpaired) electrons. The Hall–Kier alpha value is -0.800. The van der Waals surface area contributed by atoms with Gasteiger partial charge in [-0.25, -0.2) is 0 Å². The van der Waals surface area contributed by atoms with Gasteiger partial charge in [-0.2, -0.15) is 5.10 Å². The third kappa shape index (κ3) is 3.20. The lowest BCUT2D eigenvalue weighted by Gasteiger charge is -2.00. The van der Waals surface area contributed by atoms with Gasteiger partial charge in [-0.05, 0) is 18.4 Å². The summed E-state index contributed by atoms with van der Waals surface area (Å²) in [5.41, 5.74) is 0.906. The fourth-order valence-electron chi connectivity index (χ4n) is 0.711. The Morgan fingerprint density at radius 3 is 3.08 bits per heavy atom. The van der Waals surface area contributed by atoms with Crippen LogP contribution in [0.4, 0.5) is 0 Å². The summed E-state index contributed by atoms with van der Waals surface area (Å²) in [7, 11) is 0. The van der Waals surface area contributed by atoms with Gasteiger partial charge in [0.1, 0.15) is 0 Å². The molecule has 0 fully saturated rings. The molecule has 1 aromatic rings. The first kappa shape index (κ1) is 10.3. The molecule has 0 spiro atoms. The Morgan fingerprint density at radius 2 is 2.46 bits per heavy atom. The van der Waals surface area contributed by atoms with Crippen LogP contribution in [0, 0.1) is 0 Å². The van der Waals surface area contributed by atoms with Gasteiger partial charge in [0.2, 0.25) is 0 Å². The van der Waals surface area contributed by atoms with Gasteiger partial charge >= 0.3 is 0 Å². The summed E-state index contributed by atoms with van der Waals surface area (Å²) >= 11 is 7.22. The van der Waals surface area contributed by atoms with Crippen LogP contribution < -0.4 is 0 Å². The second-order valence-corrected chi connectivity index (χ2v) is 3.67. The van der Waals surface area contributed by atoms with E-state index in [1.807, 2.05) is 18.4 Å². The van der Waals surface area contributed by atoms with E-state index in [-0.39, 0.29) is 0 Å².